The van der Waals surface area contributed by atoms with Gasteiger partial charge in [-0.2, -0.15) is 4.31 Å². The molecule has 2 aliphatic rings. The minimum absolute atomic E-state index is 0.0580. The molecular weight excluding hydrogens is 384 g/mol. The Bertz CT molecular complexity index is 792. The van der Waals surface area contributed by atoms with Crippen molar-refractivity contribution in [3.63, 3.8) is 0 Å². The summed E-state index contributed by atoms with van der Waals surface area (Å²) in [6.45, 7) is 1.93. The van der Waals surface area contributed by atoms with Crippen molar-refractivity contribution < 1.29 is 13.2 Å². The molecule has 0 bridgehead atoms. The first kappa shape index (κ1) is 22.0. The van der Waals surface area contributed by atoms with E-state index in [0.717, 1.165) is 37.7 Å². The summed E-state index contributed by atoms with van der Waals surface area (Å²) in [5.41, 5.74) is 2.46. The minimum Gasteiger partial charge on any atom is -0.356 e. The molecule has 1 aromatic rings. The van der Waals surface area contributed by atoms with Crippen LogP contribution < -0.4 is 5.32 Å². The number of allylic oxidation sites excluding steroid dienone is 1. The third kappa shape index (κ3) is 6.68. The maximum atomic E-state index is 12.8. The summed E-state index contributed by atoms with van der Waals surface area (Å²) in [6.07, 6.45) is 13.3. The normalized spacial score (nSPS) is 18.7. The standard InChI is InChI=1S/C23H34N2O3S/c26-23(24-17-16-20-8-4-3-5-9-20)15-12-21-10-13-22(14-11-21)29(27,28)25-18-6-1-2-7-19-25/h8,10-11,13-14H,1-7,9,12,15-19H2,(H,24,26). The van der Waals surface area contributed by atoms with Gasteiger partial charge in [-0.3, -0.25) is 4.79 Å². The maximum absolute atomic E-state index is 12.8. The second-order valence-corrected chi connectivity index (χ2v) is 10.1. The molecule has 1 saturated heterocycles. The maximum Gasteiger partial charge on any atom is 0.243 e. The first-order valence-corrected chi connectivity index (χ1v) is 12.5. The molecule has 5 nitrogen and oxygen atoms in total. The average molecular weight is 419 g/mol. The van der Waals surface area contributed by atoms with E-state index >= 15 is 0 Å². The molecule has 0 radical (unpaired) electrons. The van der Waals surface area contributed by atoms with E-state index < -0.39 is 10.0 Å². The number of hydrogen-bond acceptors (Lipinski definition) is 3. The molecule has 29 heavy (non-hydrogen) atoms. The van der Waals surface area contributed by atoms with Gasteiger partial charge in [-0.15, -0.1) is 0 Å². The second-order valence-electron chi connectivity index (χ2n) is 8.17. The number of nitrogens with zero attached hydrogens (tertiary/aromatic N) is 1. The number of amides is 1. The van der Waals surface area contributed by atoms with Gasteiger partial charge in [0.25, 0.3) is 0 Å². The number of sulfonamides is 1. The Labute approximate surface area is 175 Å². The molecule has 1 aliphatic carbocycles. The number of carbonyl (C=O) groups is 1. The molecule has 0 unspecified atom stereocenters. The van der Waals surface area contributed by atoms with Crippen molar-refractivity contribution in [2.45, 2.75) is 75.5 Å². The molecule has 6 heteroatoms. The number of nitrogens with one attached hydrogen (secondary N) is 1. The predicted molar refractivity (Wildman–Crippen MR) is 116 cm³/mol. The van der Waals surface area contributed by atoms with Gasteiger partial charge < -0.3 is 5.32 Å². The van der Waals surface area contributed by atoms with Gasteiger partial charge in [-0.05, 0) is 69.1 Å². The Morgan fingerprint density at radius 3 is 2.31 bits per heavy atom. The van der Waals surface area contributed by atoms with Crippen LogP contribution in [0, 0.1) is 0 Å². The van der Waals surface area contributed by atoms with Gasteiger partial charge in [0.15, 0.2) is 0 Å². The highest BCUT2D eigenvalue weighted by molar-refractivity contribution is 7.89. The lowest BCUT2D eigenvalue weighted by atomic mass is 9.97. The highest BCUT2D eigenvalue weighted by Crippen LogP contribution is 2.21. The molecule has 0 saturated carbocycles. The summed E-state index contributed by atoms with van der Waals surface area (Å²) in [5, 5.41) is 3.00. The van der Waals surface area contributed by atoms with Gasteiger partial charge in [-0.25, -0.2) is 8.42 Å². The number of aryl methyl sites for hydroxylation is 1. The fourth-order valence-corrected chi connectivity index (χ4v) is 5.62. The lowest BCUT2D eigenvalue weighted by Gasteiger charge is -2.20. The monoisotopic (exact) mass is 418 g/mol. The molecule has 1 aliphatic heterocycles. The molecule has 3 rings (SSSR count). The minimum atomic E-state index is -3.41. The third-order valence-corrected chi connectivity index (χ3v) is 7.83. The zero-order valence-electron chi connectivity index (χ0n) is 17.4. The zero-order chi connectivity index (χ0) is 20.5. The molecule has 1 heterocycles. The van der Waals surface area contributed by atoms with Gasteiger partial charge in [0.2, 0.25) is 15.9 Å². The zero-order valence-corrected chi connectivity index (χ0v) is 18.2. The lowest BCUT2D eigenvalue weighted by molar-refractivity contribution is -0.121. The van der Waals surface area contributed by atoms with Crippen molar-refractivity contribution in [3.05, 3.63) is 41.5 Å². The molecule has 0 atom stereocenters. The second kappa shape index (κ2) is 10.9. The van der Waals surface area contributed by atoms with E-state index in [4.69, 9.17) is 0 Å². The van der Waals surface area contributed by atoms with Crippen molar-refractivity contribution in [2.75, 3.05) is 19.6 Å². The molecule has 160 valence electrons. The van der Waals surface area contributed by atoms with Crippen LogP contribution in [-0.4, -0.2) is 38.3 Å². The first-order valence-electron chi connectivity index (χ1n) is 11.1. The highest BCUT2D eigenvalue weighted by Gasteiger charge is 2.24. The Kier molecular flexibility index (Phi) is 8.30. The largest absolute Gasteiger partial charge is 0.356 e. The van der Waals surface area contributed by atoms with Crippen LogP contribution in [0.1, 0.15) is 69.8 Å². The van der Waals surface area contributed by atoms with Gasteiger partial charge in [0.05, 0.1) is 4.90 Å². The van der Waals surface area contributed by atoms with Gasteiger partial charge >= 0.3 is 0 Å². The molecule has 0 aromatic heterocycles. The van der Waals surface area contributed by atoms with E-state index in [1.165, 1.54) is 31.3 Å². The molecule has 1 aromatic carbocycles. The number of carbonyl (C=O) groups excluding carboxylic acids is 1. The van der Waals surface area contributed by atoms with E-state index in [2.05, 4.69) is 11.4 Å². The summed E-state index contributed by atoms with van der Waals surface area (Å²) in [4.78, 5) is 12.4. The molecule has 1 N–H and O–H groups in total. The summed E-state index contributed by atoms with van der Waals surface area (Å²) in [7, 11) is -3.41. The molecular formula is C23H34N2O3S. The van der Waals surface area contributed by atoms with Crippen LogP contribution in [0.2, 0.25) is 0 Å². The quantitative estimate of drug-likeness (QED) is 0.644. The Morgan fingerprint density at radius 2 is 1.66 bits per heavy atom. The van der Waals surface area contributed by atoms with Gasteiger partial charge in [0.1, 0.15) is 0 Å². The van der Waals surface area contributed by atoms with Crippen molar-refractivity contribution in [1.29, 1.82) is 0 Å². The van der Waals surface area contributed by atoms with E-state index in [0.29, 0.717) is 37.4 Å². The van der Waals surface area contributed by atoms with E-state index in [1.807, 2.05) is 12.1 Å². The van der Waals surface area contributed by atoms with E-state index in [-0.39, 0.29) is 5.91 Å². The molecule has 1 fully saturated rings. The Morgan fingerprint density at radius 1 is 0.931 bits per heavy atom. The fraction of sp³-hybridized carbons (Fsp3) is 0.609. The van der Waals surface area contributed by atoms with E-state index in [9.17, 15) is 13.2 Å². The number of hydrogen-bond donors (Lipinski definition) is 1. The van der Waals surface area contributed by atoms with Crippen LogP contribution in [0.3, 0.4) is 0 Å². The van der Waals surface area contributed by atoms with Gasteiger partial charge in [0, 0.05) is 26.1 Å². The highest BCUT2D eigenvalue weighted by atomic mass is 32.2. The topological polar surface area (TPSA) is 66.5 Å². The number of benzene rings is 1. The van der Waals surface area contributed by atoms with Crippen molar-refractivity contribution in [1.82, 2.24) is 9.62 Å². The third-order valence-electron chi connectivity index (χ3n) is 5.92. The summed E-state index contributed by atoms with van der Waals surface area (Å²) in [6, 6.07) is 7.04. The predicted octanol–water partition coefficient (Wildman–Crippen LogP) is 4.19. The summed E-state index contributed by atoms with van der Waals surface area (Å²) in [5.74, 6) is 0.0580. The van der Waals surface area contributed by atoms with Crippen molar-refractivity contribution >= 4 is 15.9 Å². The van der Waals surface area contributed by atoms with E-state index in [1.54, 1.807) is 16.4 Å². The first-order chi connectivity index (χ1) is 14.1. The molecule has 0 spiro atoms. The van der Waals surface area contributed by atoms with Crippen LogP contribution in [0.25, 0.3) is 0 Å². The van der Waals surface area contributed by atoms with Crippen LogP contribution in [0.4, 0.5) is 0 Å². The van der Waals surface area contributed by atoms with Crippen LogP contribution in [0.5, 0.6) is 0 Å². The Balaban J connectivity index is 1.44. The fourth-order valence-electron chi connectivity index (χ4n) is 4.10. The van der Waals surface area contributed by atoms with Crippen molar-refractivity contribution in [3.8, 4) is 0 Å². The number of rotatable bonds is 8. The lowest BCUT2D eigenvalue weighted by Crippen LogP contribution is -2.31. The average Bonchev–Trinajstić information content (AvgIpc) is 3.04. The SMILES string of the molecule is O=C(CCc1ccc(S(=O)(=O)N2CCCCCC2)cc1)NCCC1=CCCCC1. The van der Waals surface area contributed by atoms with Crippen LogP contribution >= 0.6 is 0 Å². The van der Waals surface area contributed by atoms with Crippen LogP contribution in [0.15, 0.2) is 40.8 Å². The molecule has 1 amide bonds. The van der Waals surface area contributed by atoms with Crippen LogP contribution in [-0.2, 0) is 21.2 Å². The summed E-state index contributed by atoms with van der Waals surface area (Å²) < 4.78 is 27.3. The smallest absolute Gasteiger partial charge is 0.243 e. The van der Waals surface area contributed by atoms with Crippen molar-refractivity contribution in [2.24, 2.45) is 0 Å². The summed E-state index contributed by atoms with van der Waals surface area (Å²) >= 11 is 0. The Hall–Kier alpha value is -1.66. The van der Waals surface area contributed by atoms with Gasteiger partial charge in [-0.1, -0.05) is 36.6 Å².